The van der Waals surface area contributed by atoms with Gasteiger partial charge in [0.25, 0.3) is 11.8 Å². The molecule has 0 saturated heterocycles. The van der Waals surface area contributed by atoms with Crippen LogP contribution in [0.25, 0.3) is 10.9 Å². The van der Waals surface area contributed by atoms with Gasteiger partial charge in [-0.1, -0.05) is 38.1 Å². The lowest BCUT2D eigenvalue weighted by Gasteiger charge is -2.20. The largest absolute Gasteiger partial charge is 0.361 e. The first-order valence-corrected chi connectivity index (χ1v) is 13.8. The molecule has 0 spiro atoms. The number of carbonyl (C=O) groups excluding carboxylic acids is 2. The van der Waals surface area contributed by atoms with E-state index in [1.807, 2.05) is 30.5 Å². The summed E-state index contributed by atoms with van der Waals surface area (Å²) in [6.45, 7) is 4.87. The Bertz CT molecular complexity index is 1410. The first-order chi connectivity index (χ1) is 17.8. The number of aliphatic imine (C=N–C) groups is 1. The number of H-pyrrole nitrogens is 1. The molecule has 3 aromatic rings. The SMILES string of the molecule is CCN(CC)S(=O)(=O)c1cccc(C(=O)N[C@@H](Cc2c[nH]c3ccccc23)C(=O)NNC2=NCCC2)c1. The van der Waals surface area contributed by atoms with Crippen molar-refractivity contribution >= 4 is 38.6 Å². The summed E-state index contributed by atoms with van der Waals surface area (Å²) in [5.74, 6) is -0.283. The number of hydrogen-bond acceptors (Lipinski definition) is 6. The molecule has 0 bridgehead atoms. The van der Waals surface area contributed by atoms with E-state index in [0.717, 1.165) is 29.3 Å². The third-order valence-electron chi connectivity index (χ3n) is 6.36. The van der Waals surface area contributed by atoms with Gasteiger partial charge in [-0.05, 0) is 36.2 Å². The summed E-state index contributed by atoms with van der Waals surface area (Å²) < 4.78 is 27.2. The van der Waals surface area contributed by atoms with Crippen LogP contribution in [0.15, 0.2) is 64.6 Å². The number of carbonyl (C=O) groups is 2. The van der Waals surface area contributed by atoms with Gasteiger partial charge in [0.2, 0.25) is 10.0 Å². The topological polar surface area (TPSA) is 136 Å². The number of amides is 2. The highest BCUT2D eigenvalue weighted by Crippen LogP contribution is 2.20. The number of hydrazine groups is 1. The minimum atomic E-state index is -3.74. The van der Waals surface area contributed by atoms with Crippen LogP contribution in [0.3, 0.4) is 0 Å². The standard InChI is InChI=1S/C26H32N6O4S/c1-3-32(4-2)37(35,36)20-10-7-9-18(15-20)25(33)29-23(26(34)31-30-24-13-8-14-27-24)16-19-17-28-22-12-6-5-11-21(19)22/h5-7,9-12,15,17,23,28H,3-4,8,13-14,16H2,1-2H3,(H,27,30)(H,29,33)(H,31,34)/t23-/m0/s1. The van der Waals surface area contributed by atoms with E-state index in [1.165, 1.54) is 28.6 Å². The van der Waals surface area contributed by atoms with Crippen molar-refractivity contribution in [1.29, 1.82) is 0 Å². The molecule has 0 unspecified atom stereocenters. The Morgan fingerprint density at radius 3 is 2.62 bits per heavy atom. The Hall–Kier alpha value is -3.70. The van der Waals surface area contributed by atoms with Gasteiger partial charge in [0.05, 0.1) is 4.90 Å². The van der Waals surface area contributed by atoms with E-state index in [1.54, 1.807) is 13.8 Å². The maximum Gasteiger partial charge on any atom is 0.261 e. The molecule has 2 amide bonds. The molecule has 196 valence electrons. The van der Waals surface area contributed by atoms with Crippen molar-refractivity contribution in [1.82, 2.24) is 25.5 Å². The summed E-state index contributed by atoms with van der Waals surface area (Å²) in [6, 6.07) is 12.7. The number of sulfonamides is 1. The van der Waals surface area contributed by atoms with E-state index < -0.39 is 27.9 Å². The molecule has 1 aliphatic heterocycles. The molecule has 2 aromatic carbocycles. The molecule has 10 nitrogen and oxygen atoms in total. The number of para-hydroxylation sites is 1. The van der Waals surface area contributed by atoms with E-state index in [2.05, 4.69) is 26.1 Å². The quantitative estimate of drug-likeness (QED) is 0.319. The summed E-state index contributed by atoms with van der Waals surface area (Å²) in [7, 11) is -3.74. The van der Waals surface area contributed by atoms with Gasteiger partial charge in [0, 0.05) is 55.1 Å². The Labute approximate surface area is 216 Å². The van der Waals surface area contributed by atoms with Crippen molar-refractivity contribution < 1.29 is 18.0 Å². The summed E-state index contributed by atoms with van der Waals surface area (Å²) in [5.41, 5.74) is 7.46. The van der Waals surface area contributed by atoms with Gasteiger partial charge in [-0.25, -0.2) is 8.42 Å². The average molecular weight is 525 g/mol. The number of amidine groups is 1. The molecule has 4 rings (SSSR count). The van der Waals surface area contributed by atoms with Crippen LogP contribution in [0.1, 0.15) is 42.6 Å². The molecule has 0 aliphatic carbocycles. The average Bonchev–Trinajstić information content (AvgIpc) is 3.58. The Morgan fingerprint density at radius 1 is 1.11 bits per heavy atom. The van der Waals surface area contributed by atoms with Crippen molar-refractivity contribution in [2.75, 3.05) is 19.6 Å². The number of nitrogens with zero attached hydrogens (tertiary/aromatic N) is 2. The molecular weight excluding hydrogens is 492 g/mol. The fraction of sp³-hybridized carbons (Fsp3) is 0.346. The van der Waals surface area contributed by atoms with E-state index in [-0.39, 0.29) is 16.9 Å². The minimum Gasteiger partial charge on any atom is -0.361 e. The number of aromatic nitrogens is 1. The lowest BCUT2D eigenvalue weighted by atomic mass is 10.0. The highest BCUT2D eigenvalue weighted by atomic mass is 32.2. The maximum absolute atomic E-state index is 13.2. The highest BCUT2D eigenvalue weighted by Gasteiger charge is 2.26. The summed E-state index contributed by atoms with van der Waals surface area (Å²) in [6.07, 6.45) is 3.71. The van der Waals surface area contributed by atoms with E-state index in [4.69, 9.17) is 0 Å². The zero-order chi connectivity index (χ0) is 26.4. The van der Waals surface area contributed by atoms with Gasteiger partial charge in [0.1, 0.15) is 11.9 Å². The summed E-state index contributed by atoms with van der Waals surface area (Å²) in [5, 5.41) is 3.75. The molecule has 4 N–H and O–H groups in total. The molecule has 1 aromatic heterocycles. The molecule has 0 radical (unpaired) electrons. The maximum atomic E-state index is 13.2. The fourth-order valence-corrected chi connectivity index (χ4v) is 5.85. The van der Waals surface area contributed by atoms with Crippen LogP contribution in [0.5, 0.6) is 0 Å². The molecule has 2 heterocycles. The van der Waals surface area contributed by atoms with Crippen molar-refractivity contribution in [2.24, 2.45) is 4.99 Å². The molecular formula is C26H32N6O4S. The van der Waals surface area contributed by atoms with Crippen LogP contribution < -0.4 is 16.2 Å². The molecule has 0 fully saturated rings. The molecule has 0 saturated carbocycles. The van der Waals surface area contributed by atoms with Crippen LogP contribution >= 0.6 is 0 Å². The van der Waals surface area contributed by atoms with E-state index >= 15 is 0 Å². The van der Waals surface area contributed by atoms with Crippen molar-refractivity contribution in [3.63, 3.8) is 0 Å². The van der Waals surface area contributed by atoms with Crippen LogP contribution in [0.2, 0.25) is 0 Å². The molecule has 1 aliphatic rings. The Balaban J connectivity index is 1.57. The van der Waals surface area contributed by atoms with Gasteiger partial charge in [-0.2, -0.15) is 4.31 Å². The van der Waals surface area contributed by atoms with Gasteiger partial charge in [0.15, 0.2) is 0 Å². The molecule has 11 heteroatoms. The predicted octanol–water partition coefficient (Wildman–Crippen LogP) is 2.35. The highest BCUT2D eigenvalue weighted by molar-refractivity contribution is 7.89. The number of benzene rings is 2. The van der Waals surface area contributed by atoms with Crippen molar-refractivity contribution in [3.05, 3.63) is 65.9 Å². The zero-order valence-electron chi connectivity index (χ0n) is 21.0. The second-order valence-electron chi connectivity index (χ2n) is 8.75. The predicted molar refractivity (Wildman–Crippen MR) is 143 cm³/mol. The van der Waals surface area contributed by atoms with Crippen molar-refractivity contribution in [2.45, 2.75) is 44.0 Å². The summed E-state index contributed by atoms with van der Waals surface area (Å²) in [4.78, 5) is 33.9. The fourth-order valence-electron chi connectivity index (χ4n) is 4.34. The lowest BCUT2D eigenvalue weighted by molar-refractivity contribution is -0.123. The van der Waals surface area contributed by atoms with E-state index in [0.29, 0.717) is 25.5 Å². The molecule has 1 atom stereocenters. The van der Waals surface area contributed by atoms with Gasteiger partial charge < -0.3 is 10.3 Å². The van der Waals surface area contributed by atoms with Gasteiger partial charge >= 0.3 is 0 Å². The number of nitrogens with one attached hydrogen (secondary N) is 4. The first kappa shape index (κ1) is 26.4. The van der Waals surface area contributed by atoms with E-state index in [9.17, 15) is 18.0 Å². The third kappa shape index (κ3) is 6.00. The molecule has 37 heavy (non-hydrogen) atoms. The van der Waals surface area contributed by atoms with Crippen LogP contribution in [-0.2, 0) is 21.2 Å². The van der Waals surface area contributed by atoms with Gasteiger partial charge in [-0.15, -0.1) is 0 Å². The zero-order valence-corrected chi connectivity index (χ0v) is 21.8. The van der Waals surface area contributed by atoms with Crippen LogP contribution in [-0.4, -0.2) is 61.0 Å². The minimum absolute atomic E-state index is 0.0300. The monoisotopic (exact) mass is 524 g/mol. The third-order valence-corrected chi connectivity index (χ3v) is 8.41. The Kier molecular flexibility index (Phi) is 8.24. The lowest BCUT2D eigenvalue weighted by Crippen LogP contribution is -2.53. The first-order valence-electron chi connectivity index (χ1n) is 12.4. The number of rotatable bonds is 9. The smallest absolute Gasteiger partial charge is 0.261 e. The number of hydrogen-bond donors (Lipinski definition) is 4. The number of fused-ring (bicyclic) bond motifs is 1. The summed E-state index contributed by atoms with van der Waals surface area (Å²) >= 11 is 0. The second-order valence-corrected chi connectivity index (χ2v) is 10.7. The number of aromatic amines is 1. The van der Waals surface area contributed by atoms with Gasteiger partial charge in [-0.3, -0.25) is 25.4 Å². The van der Waals surface area contributed by atoms with Crippen LogP contribution in [0.4, 0.5) is 0 Å². The van der Waals surface area contributed by atoms with Crippen LogP contribution in [0, 0.1) is 0 Å². The Morgan fingerprint density at radius 2 is 1.89 bits per heavy atom. The second kappa shape index (κ2) is 11.6. The van der Waals surface area contributed by atoms with Crippen molar-refractivity contribution in [3.8, 4) is 0 Å². The normalized spacial score (nSPS) is 14.4.